The molecule has 1 aliphatic heterocycles. The predicted molar refractivity (Wildman–Crippen MR) is 109 cm³/mol. The van der Waals surface area contributed by atoms with Gasteiger partial charge in [-0.05, 0) is 53.5 Å². The molecule has 1 heterocycles. The first kappa shape index (κ1) is 18.5. The van der Waals surface area contributed by atoms with Crippen molar-refractivity contribution in [2.75, 3.05) is 6.61 Å². The molecule has 2 heteroatoms. The second-order valence-corrected chi connectivity index (χ2v) is 8.96. The monoisotopic (exact) mass is 354 g/mol. The molecule has 2 aromatic carbocycles. The van der Waals surface area contributed by atoms with Crippen LogP contribution in [0.5, 0.6) is 0 Å². The third-order valence-corrected chi connectivity index (χ3v) is 6.26. The van der Waals surface area contributed by atoms with Crippen molar-refractivity contribution in [3.8, 4) is 0 Å². The van der Waals surface area contributed by atoms with Crippen LogP contribution in [-0.2, 0) is 4.74 Å². The minimum atomic E-state index is 0.199. The summed E-state index contributed by atoms with van der Waals surface area (Å²) in [4.78, 5) is 1.39. The van der Waals surface area contributed by atoms with Crippen molar-refractivity contribution in [2.24, 2.45) is 0 Å². The topological polar surface area (TPSA) is 9.23 Å². The Balaban J connectivity index is 1.86. The third-order valence-electron chi connectivity index (χ3n) is 4.97. The van der Waals surface area contributed by atoms with Gasteiger partial charge in [-0.25, -0.2) is 0 Å². The lowest BCUT2D eigenvalue weighted by Crippen LogP contribution is -2.24. The molecule has 2 aromatic rings. The van der Waals surface area contributed by atoms with Crippen molar-refractivity contribution < 1.29 is 4.74 Å². The Hall–Kier alpha value is -1.25. The average Bonchev–Trinajstić information content (AvgIpc) is 2.62. The van der Waals surface area contributed by atoms with Gasteiger partial charge < -0.3 is 4.74 Å². The highest BCUT2D eigenvalue weighted by molar-refractivity contribution is 8.00. The molecule has 0 bridgehead atoms. The van der Waals surface area contributed by atoms with E-state index in [0.717, 1.165) is 13.0 Å². The first-order valence-corrected chi connectivity index (χ1v) is 10.4. The van der Waals surface area contributed by atoms with Gasteiger partial charge in [-0.1, -0.05) is 64.1 Å². The van der Waals surface area contributed by atoms with Gasteiger partial charge in [0.1, 0.15) is 0 Å². The number of thioether (sulfide) groups is 1. The molecule has 0 amide bonds. The SMILES string of the molecule is CC(C)c1cc(S[C@H]2CCCO[C@@H]2c2ccccc2)cc(C(C)C)c1. The number of hydrogen-bond acceptors (Lipinski definition) is 2. The Labute approximate surface area is 157 Å². The lowest BCUT2D eigenvalue weighted by atomic mass is 9.96. The lowest BCUT2D eigenvalue weighted by molar-refractivity contribution is 0.0202. The maximum atomic E-state index is 6.18. The first-order chi connectivity index (χ1) is 12.0. The second kappa shape index (κ2) is 8.42. The van der Waals surface area contributed by atoms with E-state index >= 15 is 0 Å². The summed E-state index contributed by atoms with van der Waals surface area (Å²) in [6, 6.07) is 17.9. The van der Waals surface area contributed by atoms with Crippen LogP contribution in [0.25, 0.3) is 0 Å². The summed E-state index contributed by atoms with van der Waals surface area (Å²) >= 11 is 2.01. The van der Waals surface area contributed by atoms with Crippen molar-refractivity contribution in [1.82, 2.24) is 0 Å². The van der Waals surface area contributed by atoms with Crippen LogP contribution in [-0.4, -0.2) is 11.9 Å². The Bertz CT molecular complexity index is 651. The smallest absolute Gasteiger partial charge is 0.0946 e. The largest absolute Gasteiger partial charge is 0.372 e. The lowest BCUT2D eigenvalue weighted by Gasteiger charge is -2.32. The van der Waals surface area contributed by atoms with Crippen molar-refractivity contribution in [1.29, 1.82) is 0 Å². The van der Waals surface area contributed by atoms with E-state index in [1.807, 2.05) is 11.8 Å². The van der Waals surface area contributed by atoms with E-state index in [-0.39, 0.29) is 6.10 Å². The first-order valence-electron chi connectivity index (χ1n) is 9.52. The molecule has 1 nitrogen and oxygen atoms in total. The zero-order valence-electron chi connectivity index (χ0n) is 15.9. The van der Waals surface area contributed by atoms with Crippen LogP contribution in [0.2, 0.25) is 0 Å². The minimum Gasteiger partial charge on any atom is -0.372 e. The van der Waals surface area contributed by atoms with Gasteiger partial charge in [-0.3, -0.25) is 0 Å². The molecule has 0 aromatic heterocycles. The molecule has 134 valence electrons. The average molecular weight is 355 g/mol. The summed E-state index contributed by atoms with van der Waals surface area (Å²) in [5.41, 5.74) is 4.20. The van der Waals surface area contributed by atoms with E-state index in [1.54, 1.807) is 0 Å². The van der Waals surface area contributed by atoms with Gasteiger partial charge in [0.2, 0.25) is 0 Å². The van der Waals surface area contributed by atoms with E-state index in [1.165, 1.54) is 28.0 Å². The molecular formula is C23H30OS. The second-order valence-electron chi connectivity index (χ2n) is 7.65. The van der Waals surface area contributed by atoms with E-state index in [4.69, 9.17) is 4.74 Å². The quantitative estimate of drug-likeness (QED) is 0.575. The zero-order valence-corrected chi connectivity index (χ0v) is 16.7. The van der Waals surface area contributed by atoms with Crippen molar-refractivity contribution in [2.45, 2.75) is 68.6 Å². The molecule has 25 heavy (non-hydrogen) atoms. The molecule has 3 rings (SSSR count). The summed E-state index contributed by atoms with van der Waals surface area (Å²) in [7, 11) is 0. The minimum absolute atomic E-state index is 0.199. The molecule has 0 radical (unpaired) electrons. The van der Waals surface area contributed by atoms with Crippen LogP contribution in [0.4, 0.5) is 0 Å². The van der Waals surface area contributed by atoms with Crippen LogP contribution in [0.1, 0.15) is 75.2 Å². The molecule has 0 spiro atoms. The van der Waals surface area contributed by atoms with Gasteiger partial charge in [0, 0.05) is 16.8 Å². The van der Waals surface area contributed by atoms with Crippen molar-refractivity contribution in [3.63, 3.8) is 0 Å². The fourth-order valence-corrected chi connectivity index (χ4v) is 4.78. The van der Waals surface area contributed by atoms with Crippen LogP contribution in [0.3, 0.4) is 0 Å². The maximum absolute atomic E-state index is 6.18. The molecule has 1 saturated heterocycles. The molecule has 0 unspecified atom stereocenters. The van der Waals surface area contributed by atoms with Crippen LogP contribution in [0.15, 0.2) is 53.4 Å². The van der Waals surface area contributed by atoms with Crippen molar-refractivity contribution >= 4 is 11.8 Å². The molecule has 0 saturated carbocycles. The standard InChI is InChI=1S/C23H30OS/c1-16(2)19-13-20(17(3)4)15-21(14-19)25-22-11-8-12-24-23(22)18-9-6-5-7-10-18/h5-7,9-10,13-17,22-23H,8,11-12H2,1-4H3/t22-,23+/m0/s1. The van der Waals surface area contributed by atoms with Gasteiger partial charge in [-0.15, -0.1) is 11.8 Å². The van der Waals surface area contributed by atoms with Crippen LogP contribution >= 0.6 is 11.8 Å². The van der Waals surface area contributed by atoms with E-state index in [9.17, 15) is 0 Å². The summed E-state index contributed by atoms with van der Waals surface area (Å²) in [6.45, 7) is 10.0. The number of hydrogen-bond donors (Lipinski definition) is 0. The van der Waals surface area contributed by atoms with E-state index < -0.39 is 0 Å². The predicted octanol–water partition coefficient (Wildman–Crippen LogP) is 6.95. The van der Waals surface area contributed by atoms with Crippen molar-refractivity contribution in [3.05, 3.63) is 65.2 Å². The summed E-state index contributed by atoms with van der Waals surface area (Å²) < 4.78 is 6.18. The molecule has 0 aliphatic carbocycles. The Morgan fingerprint density at radius 3 is 2.16 bits per heavy atom. The number of rotatable bonds is 5. The van der Waals surface area contributed by atoms with Gasteiger partial charge in [0.05, 0.1) is 6.10 Å². The van der Waals surface area contributed by atoms with Gasteiger partial charge >= 0.3 is 0 Å². The number of benzene rings is 2. The summed E-state index contributed by atoms with van der Waals surface area (Å²) in [6.07, 6.45) is 2.57. The van der Waals surface area contributed by atoms with Crippen LogP contribution in [0, 0.1) is 0 Å². The summed E-state index contributed by atoms with van der Waals surface area (Å²) in [5.74, 6) is 1.12. The normalized spacial score (nSPS) is 21.0. The highest BCUT2D eigenvalue weighted by Gasteiger charge is 2.28. The Kier molecular flexibility index (Phi) is 6.24. The fraction of sp³-hybridized carbons (Fsp3) is 0.478. The Morgan fingerprint density at radius 1 is 0.920 bits per heavy atom. The van der Waals surface area contributed by atoms with E-state index in [2.05, 4.69) is 76.2 Å². The fourth-order valence-electron chi connectivity index (χ4n) is 3.38. The maximum Gasteiger partial charge on any atom is 0.0946 e. The molecule has 1 fully saturated rings. The third kappa shape index (κ3) is 4.68. The summed E-state index contributed by atoms with van der Waals surface area (Å²) in [5, 5.41) is 0.485. The van der Waals surface area contributed by atoms with Gasteiger partial charge in [-0.2, -0.15) is 0 Å². The zero-order chi connectivity index (χ0) is 17.8. The van der Waals surface area contributed by atoms with Gasteiger partial charge in [0.15, 0.2) is 0 Å². The molecular weight excluding hydrogens is 324 g/mol. The number of ether oxygens (including phenoxy) is 1. The molecule has 1 aliphatic rings. The molecule has 2 atom stereocenters. The van der Waals surface area contributed by atoms with E-state index in [0.29, 0.717) is 17.1 Å². The highest BCUT2D eigenvalue weighted by atomic mass is 32.2. The highest BCUT2D eigenvalue weighted by Crippen LogP contribution is 2.41. The van der Waals surface area contributed by atoms with Gasteiger partial charge in [0.25, 0.3) is 0 Å². The Morgan fingerprint density at radius 2 is 1.56 bits per heavy atom. The van der Waals surface area contributed by atoms with Crippen LogP contribution < -0.4 is 0 Å². The molecule has 0 N–H and O–H groups in total.